The van der Waals surface area contributed by atoms with Crippen LogP contribution in [-0.2, 0) is 4.79 Å². The van der Waals surface area contributed by atoms with E-state index >= 15 is 0 Å². The number of hydrogen-bond donors (Lipinski definition) is 1. The lowest BCUT2D eigenvalue weighted by Crippen LogP contribution is -2.54. The van der Waals surface area contributed by atoms with E-state index in [-0.39, 0.29) is 17.4 Å². The molecule has 2 aromatic rings. The molecular weight excluding hydrogens is 386 g/mol. The van der Waals surface area contributed by atoms with Crippen LogP contribution in [0.1, 0.15) is 39.0 Å². The quantitative estimate of drug-likeness (QED) is 0.824. The monoisotopic (exact) mass is 419 g/mol. The Morgan fingerprint density at radius 3 is 2.48 bits per heavy atom. The van der Waals surface area contributed by atoms with E-state index in [2.05, 4.69) is 56.3 Å². The molecule has 6 heteroatoms. The third-order valence-electron chi connectivity index (χ3n) is 7.75. The Balaban J connectivity index is 1.20. The summed E-state index contributed by atoms with van der Waals surface area (Å²) in [5.74, 6) is 1.77. The van der Waals surface area contributed by atoms with Gasteiger partial charge >= 0.3 is 0 Å². The third-order valence-corrected chi connectivity index (χ3v) is 7.75. The van der Waals surface area contributed by atoms with Gasteiger partial charge in [0, 0.05) is 54.7 Å². The third kappa shape index (κ3) is 4.31. The average molecular weight is 420 g/mol. The standard InChI is InChI=1S/C25H33N5O/c1-25(10-17-29-13-8-21(25)9-14-29)28-24(31)19-6-15-30(16-7-19)22-5-2-4-20(18-22)23-26-11-3-12-27-23/h2-5,11-12,18-19,21H,6-10,13-17H2,1H3,(H,28,31). The molecule has 1 unspecified atom stereocenters. The minimum absolute atomic E-state index is 0.0382. The highest BCUT2D eigenvalue weighted by Crippen LogP contribution is 2.36. The number of amides is 1. The van der Waals surface area contributed by atoms with E-state index in [1.807, 2.05) is 6.07 Å². The Labute approximate surface area is 185 Å². The van der Waals surface area contributed by atoms with Crippen LogP contribution in [0, 0.1) is 11.8 Å². The van der Waals surface area contributed by atoms with Crippen LogP contribution in [0.3, 0.4) is 0 Å². The van der Waals surface area contributed by atoms with E-state index in [0.717, 1.165) is 50.3 Å². The van der Waals surface area contributed by atoms with Gasteiger partial charge in [0.1, 0.15) is 0 Å². The Morgan fingerprint density at radius 2 is 1.74 bits per heavy atom. The summed E-state index contributed by atoms with van der Waals surface area (Å²) in [5.41, 5.74) is 2.18. The second kappa shape index (κ2) is 8.58. The van der Waals surface area contributed by atoms with Gasteiger partial charge in [-0.2, -0.15) is 0 Å². The summed E-state index contributed by atoms with van der Waals surface area (Å²) in [5, 5.41) is 3.52. The summed E-state index contributed by atoms with van der Waals surface area (Å²) in [6.07, 6.45) is 8.88. The first kappa shape index (κ1) is 20.4. The van der Waals surface area contributed by atoms with Gasteiger partial charge in [-0.25, -0.2) is 9.97 Å². The Hall–Kier alpha value is -2.47. The van der Waals surface area contributed by atoms with Crippen LogP contribution in [-0.4, -0.2) is 59.0 Å². The number of piperidine rings is 2. The average Bonchev–Trinajstić information content (AvgIpc) is 3.08. The van der Waals surface area contributed by atoms with Gasteiger partial charge in [-0.1, -0.05) is 12.1 Å². The fourth-order valence-electron chi connectivity index (χ4n) is 5.63. The number of fused-ring (bicyclic) bond motifs is 4. The molecule has 164 valence electrons. The molecule has 0 saturated carbocycles. The smallest absolute Gasteiger partial charge is 0.223 e. The van der Waals surface area contributed by atoms with Gasteiger partial charge in [0.2, 0.25) is 5.91 Å². The lowest BCUT2D eigenvalue weighted by atomic mass is 9.78. The minimum Gasteiger partial charge on any atom is -0.371 e. The van der Waals surface area contributed by atoms with Crippen LogP contribution >= 0.6 is 0 Å². The maximum atomic E-state index is 13.2. The van der Waals surface area contributed by atoms with Gasteiger partial charge in [0.15, 0.2) is 5.82 Å². The maximum Gasteiger partial charge on any atom is 0.223 e. The zero-order valence-electron chi connectivity index (χ0n) is 18.5. The predicted octanol–water partition coefficient (Wildman–Crippen LogP) is 3.35. The number of nitrogens with zero attached hydrogens (tertiary/aromatic N) is 4. The van der Waals surface area contributed by atoms with E-state index in [4.69, 9.17) is 0 Å². The van der Waals surface area contributed by atoms with Gasteiger partial charge in [-0.05, 0) is 76.2 Å². The first-order valence-electron chi connectivity index (χ1n) is 11.8. The van der Waals surface area contributed by atoms with Crippen molar-refractivity contribution in [1.82, 2.24) is 20.2 Å². The summed E-state index contributed by atoms with van der Waals surface area (Å²) in [7, 11) is 0. The zero-order valence-corrected chi connectivity index (χ0v) is 18.5. The highest BCUT2D eigenvalue weighted by Gasteiger charge is 2.42. The molecule has 1 amide bonds. The molecule has 1 aromatic heterocycles. The van der Waals surface area contributed by atoms with Crippen molar-refractivity contribution in [2.75, 3.05) is 37.6 Å². The van der Waals surface area contributed by atoms with Crippen LogP contribution in [0.15, 0.2) is 42.7 Å². The molecule has 1 atom stereocenters. The van der Waals surface area contributed by atoms with E-state index in [9.17, 15) is 4.79 Å². The lowest BCUT2D eigenvalue weighted by molar-refractivity contribution is -0.128. The van der Waals surface area contributed by atoms with Crippen LogP contribution in [0.5, 0.6) is 0 Å². The summed E-state index contributed by atoms with van der Waals surface area (Å²) in [6.45, 7) is 7.61. The molecule has 1 aromatic carbocycles. The van der Waals surface area contributed by atoms with Crippen LogP contribution < -0.4 is 10.2 Å². The molecule has 6 rings (SSSR count). The van der Waals surface area contributed by atoms with Crippen LogP contribution in [0.2, 0.25) is 0 Å². The van der Waals surface area contributed by atoms with Gasteiger partial charge in [-0.15, -0.1) is 0 Å². The van der Waals surface area contributed by atoms with Crippen LogP contribution in [0.4, 0.5) is 5.69 Å². The molecule has 4 aliphatic heterocycles. The highest BCUT2D eigenvalue weighted by molar-refractivity contribution is 5.80. The molecule has 5 heterocycles. The lowest BCUT2D eigenvalue weighted by Gasteiger charge is -2.40. The fourth-order valence-corrected chi connectivity index (χ4v) is 5.63. The predicted molar refractivity (Wildman–Crippen MR) is 123 cm³/mol. The molecule has 4 aliphatic rings. The van der Waals surface area contributed by atoms with Gasteiger partial charge < -0.3 is 15.1 Å². The van der Waals surface area contributed by atoms with Crippen LogP contribution in [0.25, 0.3) is 11.4 Å². The summed E-state index contributed by atoms with van der Waals surface area (Å²) >= 11 is 0. The van der Waals surface area contributed by atoms with Crippen molar-refractivity contribution in [2.45, 2.75) is 44.6 Å². The number of carbonyl (C=O) groups excluding carboxylic acids is 1. The van der Waals surface area contributed by atoms with E-state index in [0.29, 0.717) is 5.92 Å². The topological polar surface area (TPSA) is 61.4 Å². The molecule has 0 spiro atoms. The second-order valence-electron chi connectivity index (χ2n) is 9.66. The van der Waals surface area contributed by atoms with Crippen molar-refractivity contribution in [3.05, 3.63) is 42.7 Å². The zero-order chi connectivity index (χ0) is 21.3. The normalized spacial score (nSPS) is 28.9. The molecular formula is C25H33N5O. The molecule has 4 saturated heterocycles. The summed E-state index contributed by atoms with van der Waals surface area (Å²) in [6, 6.07) is 10.3. The minimum atomic E-state index is -0.0382. The van der Waals surface area contributed by atoms with Crippen molar-refractivity contribution < 1.29 is 4.79 Å². The van der Waals surface area contributed by atoms with E-state index < -0.39 is 0 Å². The number of rotatable bonds is 4. The van der Waals surface area contributed by atoms with E-state index in [1.54, 1.807) is 12.4 Å². The summed E-state index contributed by atoms with van der Waals surface area (Å²) in [4.78, 5) is 26.9. The molecule has 0 aliphatic carbocycles. The van der Waals surface area contributed by atoms with Crippen molar-refractivity contribution in [1.29, 1.82) is 0 Å². The van der Waals surface area contributed by atoms with Crippen molar-refractivity contribution >= 4 is 11.6 Å². The van der Waals surface area contributed by atoms with Gasteiger partial charge in [-0.3, -0.25) is 4.79 Å². The highest BCUT2D eigenvalue weighted by atomic mass is 16.2. The number of carbonyl (C=O) groups is 1. The SMILES string of the molecule is CC1(NC(=O)C2CCN(c3cccc(-c4ncccn4)c3)CC2)CCN2CCC1CC2. The maximum absolute atomic E-state index is 13.2. The van der Waals surface area contributed by atoms with Gasteiger partial charge in [0.25, 0.3) is 0 Å². The first-order chi connectivity index (χ1) is 15.1. The van der Waals surface area contributed by atoms with Crippen molar-refractivity contribution in [3.63, 3.8) is 0 Å². The molecule has 1 N–H and O–H groups in total. The molecule has 31 heavy (non-hydrogen) atoms. The Kier molecular flexibility index (Phi) is 5.65. The number of benzene rings is 1. The molecule has 2 bridgehead atoms. The van der Waals surface area contributed by atoms with Crippen molar-refractivity contribution in [2.24, 2.45) is 11.8 Å². The largest absolute Gasteiger partial charge is 0.371 e. The molecule has 4 fully saturated rings. The number of hydrogen-bond acceptors (Lipinski definition) is 5. The fraction of sp³-hybridized carbons (Fsp3) is 0.560. The number of anilines is 1. The molecule has 0 radical (unpaired) electrons. The Morgan fingerprint density at radius 1 is 1.00 bits per heavy atom. The Bertz CT molecular complexity index is 903. The molecule has 6 nitrogen and oxygen atoms in total. The van der Waals surface area contributed by atoms with Crippen molar-refractivity contribution in [3.8, 4) is 11.4 Å². The van der Waals surface area contributed by atoms with Gasteiger partial charge in [0.05, 0.1) is 0 Å². The number of nitrogens with one attached hydrogen (secondary N) is 1. The summed E-state index contributed by atoms with van der Waals surface area (Å²) < 4.78 is 0. The van der Waals surface area contributed by atoms with E-state index in [1.165, 1.54) is 31.6 Å². The second-order valence-corrected chi connectivity index (χ2v) is 9.66. The first-order valence-corrected chi connectivity index (χ1v) is 11.8. The number of aromatic nitrogens is 2.